The van der Waals surface area contributed by atoms with Gasteiger partial charge in [0.25, 0.3) is 5.91 Å². The molecule has 1 amide bonds. The highest BCUT2D eigenvalue weighted by Gasteiger charge is 2.40. The molecule has 2 aromatic carbocycles. The molecule has 1 aliphatic heterocycles. The van der Waals surface area contributed by atoms with Crippen molar-refractivity contribution in [2.24, 2.45) is 5.92 Å². The Morgan fingerprint density at radius 2 is 2.00 bits per heavy atom. The summed E-state index contributed by atoms with van der Waals surface area (Å²) in [5.41, 5.74) is 0.258. The molecule has 2 N–H and O–H groups in total. The number of phenolic OH excluding ortho intramolecular Hbond substituents is 1. The lowest BCUT2D eigenvalue weighted by atomic mass is 9.85. The molecule has 6 nitrogen and oxygen atoms in total. The van der Waals surface area contributed by atoms with Gasteiger partial charge in [0.05, 0.1) is 12.2 Å². The van der Waals surface area contributed by atoms with Crippen LogP contribution in [-0.2, 0) is 9.53 Å². The Labute approximate surface area is 170 Å². The molecule has 1 heterocycles. The zero-order valence-electron chi connectivity index (χ0n) is 16.8. The van der Waals surface area contributed by atoms with E-state index in [0.29, 0.717) is 30.9 Å². The maximum atomic E-state index is 12.9. The SMILES string of the molecule is CCOC(=O)[C@@H]1C[C@H](NC(=O)c2ccc3ccccc3c2O)CN1CC1CCC1. The summed E-state index contributed by atoms with van der Waals surface area (Å²) in [7, 11) is 0. The number of aromatic hydroxyl groups is 1. The Kier molecular flexibility index (Phi) is 5.72. The van der Waals surface area contributed by atoms with Crippen LogP contribution in [0.4, 0.5) is 0 Å². The van der Waals surface area contributed by atoms with E-state index in [9.17, 15) is 14.7 Å². The molecule has 0 spiro atoms. The average Bonchev–Trinajstić information content (AvgIpc) is 3.08. The zero-order valence-corrected chi connectivity index (χ0v) is 16.8. The van der Waals surface area contributed by atoms with E-state index in [1.165, 1.54) is 19.3 Å². The first-order valence-corrected chi connectivity index (χ1v) is 10.5. The van der Waals surface area contributed by atoms with E-state index in [2.05, 4.69) is 10.2 Å². The Morgan fingerprint density at radius 3 is 2.72 bits per heavy atom. The summed E-state index contributed by atoms with van der Waals surface area (Å²) in [6.07, 6.45) is 4.19. The van der Waals surface area contributed by atoms with E-state index >= 15 is 0 Å². The highest BCUT2D eigenvalue weighted by molar-refractivity contribution is 6.03. The molecule has 2 atom stereocenters. The van der Waals surface area contributed by atoms with Gasteiger partial charge in [-0.2, -0.15) is 0 Å². The third kappa shape index (κ3) is 4.08. The van der Waals surface area contributed by atoms with Crippen molar-refractivity contribution in [3.63, 3.8) is 0 Å². The third-order valence-corrected chi connectivity index (χ3v) is 6.16. The number of carbonyl (C=O) groups excluding carboxylic acids is 2. The number of nitrogens with zero attached hydrogens (tertiary/aromatic N) is 1. The van der Waals surface area contributed by atoms with Crippen LogP contribution in [0.5, 0.6) is 5.75 Å². The quantitative estimate of drug-likeness (QED) is 0.734. The fourth-order valence-electron chi connectivity index (χ4n) is 4.40. The number of amides is 1. The highest BCUT2D eigenvalue weighted by atomic mass is 16.5. The first kappa shape index (κ1) is 19.7. The minimum atomic E-state index is -0.314. The van der Waals surface area contributed by atoms with Crippen LogP contribution in [0.1, 0.15) is 43.0 Å². The maximum absolute atomic E-state index is 12.9. The number of benzene rings is 2. The molecule has 0 radical (unpaired) electrons. The Bertz CT molecular complexity index is 909. The molecular weight excluding hydrogens is 368 g/mol. The molecule has 0 aromatic heterocycles. The second-order valence-electron chi connectivity index (χ2n) is 8.11. The van der Waals surface area contributed by atoms with Crippen LogP contribution in [0.2, 0.25) is 0 Å². The number of phenols is 1. The fraction of sp³-hybridized carbons (Fsp3) is 0.478. The Balaban J connectivity index is 1.47. The van der Waals surface area contributed by atoms with E-state index in [4.69, 9.17) is 4.74 Å². The van der Waals surface area contributed by atoms with Crippen LogP contribution in [0.3, 0.4) is 0 Å². The van der Waals surface area contributed by atoms with Crippen LogP contribution in [-0.4, -0.2) is 53.7 Å². The Morgan fingerprint density at radius 1 is 1.21 bits per heavy atom. The molecule has 2 aliphatic rings. The maximum Gasteiger partial charge on any atom is 0.323 e. The van der Waals surface area contributed by atoms with E-state index in [1.807, 2.05) is 31.2 Å². The topological polar surface area (TPSA) is 78.9 Å². The predicted octanol–water partition coefficient (Wildman–Crippen LogP) is 3.08. The van der Waals surface area contributed by atoms with Crippen molar-refractivity contribution in [1.29, 1.82) is 0 Å². The molecule has 0 bridgehead atoms. The molecule has 6 heteroatoms. The van der Waals surface area contributed by atoms with E-state index in [1.54, 1.807) is 12.1 Å². The lowest BCUT2D eigenvalue weighted by Gasteiger charge is -2.32. The van der Waals surface area contributed by atoms with Gasteiger partial charge in [-0.05, 0) is 43.6 Å². The lowest BCUT2D eigenvalue weighted by molar-refractivity contribution is -0.148. The number of likely N-dealkylation sites (tertiary alicyclic amines) is 1. The number of fused-ring (bicyclic) bond motifs is 1. The molecule has 1 saturated carbocycles. The summed E-state index contributed by atoms with van der Waals surface area (Å²) in [6, 6.07) is 10.5. The first-order chi connectivity index (χ1) is 14.1. The predicted molar refractivity (Wildman–Crippen MR) is 111 cm³/mol. The molecule has 2 aromatic rings. The van der Waals surface area contributed by atoms with Gasteiger partial charge in [0.15, 0.2) is 0 Å². The smallest absolute Gasteiger partial charge is 0.323 e. The normalized spacial score (nSPS) is 22.4. The highest BCUT2D eigenvalue weighted by Crippen LogP contribution is 2.31. The van der Waals surface area contributed by atoms with Gasteiger partial charge in [-0.1, -0.05) is 36.8 Å². The van der Waals surface area contributed by atoms with Crippen molar-refractivity contribution in [3.05, 3.63) is 42.0 Å². The van der Waals surface area contributed by atoms with Crippen molar-refractivity contribution in [2.45, 2.75) is 44.7 Å². The number of hydrogen-bond acceptors (Lipinski definition) is 5. The van der Waals surface area contributed by atoms with Gasteiger partial charge in [0.2, 0.25) is 0 Å². The lowest BCUT2D eigenvalue weighted by Crippen LogP contribution is -2.42. The molecule has 2 fully saturated rings. The summed E-state index contributed by atoms with van der Waals surface area (Å²) < 4.78 is 5.26. The van der Waals surface area contributed by atoms with Crippen molar-refractivity contribution >= 4 is 22.6 Å². The molecule has 1 aliphatic carbocycles. The number of ether oxygens (including phenoxy) is 1. The summed E-state index contributed by atoms with van der Waals surface area (Å²) in [5.74, 6) is 0.0984. The monoisotopic (exact) mass is 396 g/mol. The summed E-state index contributed by atoms with van der Waals surface area (Å²) in [4.78, 5) is 27.4. The van der Waals surface area contributed by atoms with Crippen LogP contribution < -0.4 is 5.32 Å². The number of nitrogens with one attached hydrogen (secondary N) is 1. The first-order valence-electron chi connectivity index (χ1n) is 10.5. The van der Waals surface area contributed by atoms with Crippen molar-refractivity contribution in [2.75, 3.05) is 19.7 Å². The summed E-state index contributed by atoms with van der Waals surface area (Å²) in [6.45, 7) is 3.66. The van der Waals surface area contributed by atoms with Crippen LogP contribution >= 0.6 is 0 Å². The van der Waals surface area contributed by atoms with Crippen LogP contribution in [0.15, 0.2) is 36.4 Å². The van der Waals surface area contributed by atoms with Gasteiger partial charge in [-0.15, -0.1) is 0 Å². The minimum Gasteiger partial charge on any atom is -0.506 e. The third-order valence-electron chi connectivity index (χ3n) is 6.16. The number of rotatable bonds is 6. The second-order valence-corrected chi connectivity index (χ2v) is 8.11. The number of esters is 1. The van der Waals surface area contributed by atoms with E-state index in [-0.39, 0.29) is 35.3 Å². The van der Waals surface area contributed by atoms with Gasteiger partial charge in [-0.25, -0.2) is 0 Å². The Hall–Kier alpha value is -2.60. The van der Waals surface area contributed by atoms with Crippen molar-refractivity contribution in [1.82, 2.24) is 10.2 Å². The molecule has 29 heavy (non-hydrogen) atoms. The van der Waals surface area contributed by atoms with Gasteiger partial charge in [0, 0.05) is 24.5 Å². The summed E-state index contributed by atoms with van der Waals surface area (Å²) >= 11 is 0. The van der Waals surface area contributed by atoms with Gasteiger partial charge in [-0.3, -0.25) is 14.5 Å². The molecule has 4 rings (SSSR count). The number of hydrogen-bond donors (Lipinski definition) is 2. The minimum absolute atomic E-state index is 0.00753. The molecule has 0 unspecified atom stereocenters. The second kappa shape index (κ2) is 8.41. The average molecular weight is 396 g/mol. The van der Waals surface area contributed by atoms with Crippen LogP contribution in [0, 0.1) is 5.92 Å². The standard InChI is InChI=1S/C23H28N2O4/c1-2-29-23(28)20-12-17(14-25(20)13-15-6-5-7-15)24-22(27)19-11-10-16-8-3-4-9-18(16)21(19)26/h3-4,8-11,15,17,20,26H,2,5-7,12-14H2,1H3,(H,24,27)/t17-,20-/m0/s1. The number of carbonyl (C=O) groups is 2. The fourth-order valence-corrected chi connectivity index (χ4v) is 4.40. The zero-order chi connectivity index (χ0) is 20.4. The van der Waals surface area contributed by atoms with E-state index in [0.717, 1.165) is 11.9 Å². The van der Waals surface area contributed by atoms with E-state index < -0.39 is 0 Å². The van der Waals surface area contributed by atoms with Gasteiger partial charge < -0.3 is 15.2 Å². The van der Waals surface area contributed by atoms with Crippen molar-refractivity contribution in [3.8, 4) is 5.75 Å². The van der Waals surface area contributed by atoms with Crippen molar-refractivity contribution < 1.29 is 19.4 Å². The van der Waals surface area contributed by atoms with Crippen LogP contribution in [0.25, 0.3) is 10.8 Å². The largest absolute Gasteiger partial charge is 0.506 e. The van der Waals surface area contributed by atoms with Gasteiger partial charge in [0.1, 0.15) is 11.8 Å². The summed E-state index contributed by atoms with van der Waals surface area (Å²) in [5, 5.41) is 15.1. The molecule has 154 valence electrons. The van der Waals surface area contributed by atoms with Gasteiger partial charge >= 0.3 is 5.97 Å². The molecule has 1 saturated heterocycles. The molecular formula is C23H28N2O4.